The zero-order valence-electron chi connectivity index (χ0n) is 13.9. The molecule has 0 radical (unpaired) electrons. The fourth-order valence-electron chi connectivity index (χ4n) is 2.50. The van der Waals surface area contributed by atoms with E-state index in [4.69, 9.17) is 4.74 Å². The number of ether oxygens (including phenoxy) is 1. The number of carbonyl (C=O) groups excluding carboxylic acids is 1. The van der Waals surface area contributed by atoms with Gasteiger partial charge in [-0.25, -0.2) is 4.39 Å². The number of nitrogens with zero attached hydrogens (tertiary/aromatic N) is 1. The molecule has 0 bridgehead atoms. The standard InChI is InChI=1S/C20H22FNO2/c1-3-12-22(15-17-7-5-9-19(14-17)24-2)20(23)11-10-16-6-4-8-18(21)13-16/h3-9,13-14H,1,10-12,15H2,2H3. The molecule has 4 heteroatoms. The Balaban J connectivity index is 2.00. The molecule has 0 heterocycles. The number of hydrogen-bond donors (Lipinski definition) is 0. The van der Waals surface area contributed by atoms with Gasteiger partial charge in [0.15, 0.2) is 0 Å². The van der Waals surface area contributed by atoms with Crippen molar-refractivity contribution in [1.82, 2.24) is 4.90 Å². The van der Waals surface area contributed by atoms with Crippen LogP contribution in [0.4, 0.5) is 4.39 Å². The van der Waals surface area contributed by atoms with Crippen molar-refractivity contribution in [2.75, 3.05) is 13.7 Å². The molecule has 24 heavy (non-hydrogen) atoms. The van der Waals surface area contributed by atoms with E-state index in [0.29, 0.717) is 25.9 Å². The topological polar surface area (TPSA) is 29.5 Å². The van der Waals surface area contributed by atoms with E-state index in [9.17, 15) is 9.18 Å². The molecule has 2 aromatic rings. The highest BCUT2D eigenvalue weighted by Gasteiger charge is 2.13. The molecule has 3 nitrogen and oxygen atoms in total. The van der Waals surface area contributed by atoms with Gasteiger partial charge in [0.1, 0.15) is 11.6 Å². The quantitative estimate of drug-likeness (QED) is 0.686. The van der Waals surface area contributed by atoms with Crippen LogP contribution in [-0.4, -0.2) is 24.5 Å². The van der Waals surface area contributed by atoms with Crippen molar-refractivity contribution in [3.63, 3.8) is 0 Å². The van der Waals surface area contributed by atoms with Crippen LogP contribution in [0.3, 0.4) is 0 Å². The number of carbonyl (C=O) groups is 1. The Kier molecular flexibility index (Phi) is 6.55. The first-order valence-corrected chi connectivity index (χ1v) is 7.88. The predicted molar refractivity (Wildman–Crippen MR) is 93.3 cm³/mol. The molecule has 0 atom stereocenters. The molecule has 2 aromatic carbocycles. The number of amides is 1. The first-order valence-electron chi connectivity index (χ1n) is 7.88. The summed E-state index contributed by atoms with van der Waals surface area (Å²) in [6.45, 7) is 4.68. The number of halogens is 1. The molecule has 0 saturated carbocycles. The highest BCUT2D eigenvalue weighted by Crippen LogP contribution is 2.15. The Morgan fingerprint density at radius 2 is 1.96 bits per heavy atom. The predicted octanol–water partition coefficient (Wildman–Crippen LogP) is 3.98. The highest BCUT2D eigenvalue weighted by atomic mass is 19.1. The second kappa shape index (κ2) is 8.87. The molecule has 0 spiro atoms. The molecular formula is C20H22FNO2. The van der Waals surface area contributed by atoms with Crippen molar-refractivity contribution in [3.8, 4) is 5.75 Å². The van der Waals surface area contributed by atoms with Crippen molar-refractivity contribution in [2.24, 2.45) is 0 Å². The molecule has 126 valence electrons. The fraction of sp³-hybridized carbons (Fsp3) is 0.250. The Labute approximate surface area is 142 Å². The summed E-state index contributed by atoms with van der Waals surface area (Å²) in [6.07, 6.45) is 2.56. The Morgan fingerprint density at radius 1 is 1.21 bits per heavy atom. The van der Waals surface area contributed by atoms with E-state index in [1.807, 2.05) is 30.3 Å². The summed E-state index contributed by atoms with van der Waals surface area (Å²) < 4.78 is 18.4. The van der Waals surface area contributed by atoms with Gasteiger partial charge < -0.3 is 9.64 Å². The van der Waals surface area contributed by atoms with Crippen LogP contribution in [0, 0.1) is 5.82 Å². The molecule has 0 N–H and O–H groups in total. The smallest absolute Gasteiger partial charge is 0.223 e. The summed E-state index contributed by atoms with van der Waals surface area (Å²) in [4.78, 5) is 14.2. The van der Waals surface area contributed by atoms with Crippen molar-refractivity contribution < 1.29 is 13.9 Å². The zero-order valence-corrected chi connectivity index (χ0v) is 13.9. The summed E-state index contributed by atoms with van der Waals surface area (Å²) in [5, 5.41) is 0. The number of rotatable bonds is 8. The van der Waals surface area contributed by atoms with Crippen molar-refractivity contribution in [2.45, 2.75) is 19.4 Å². The molecule has 0 aliphatic rings. The van der Waals surface area contributed by atoms with Crippen molar-refractivity contribution in [3.05, 3.63) is 78.1 Å². The summed E-state index contributed by atoms with van der Waals surface area (Å²) in [5.74, 6) is 0.500. The van der Waals surface area contributed by atoms with E-state index in [0.717, 1.165) is 16.9 Å². The van der Waals surface area contributed by atoms with E-state index >= 15 is 0 Å². The van der Waals surface area contributed by atoms with Gasteiger partial charge in [0, 0.05) is 19.5 Å². The number of hydrogen-bond acceptors (Lipinski definition) is 2. The summed E-state index contributed by atoms with van der Waals surface area (Å²) in [7, 11) is 1.62. The van der Waals surface area contributed by atoms with Crippen molar-refractivity contribution >= 4 is 5.91 Å². The maximum absolute atomic E-state index is 13.2. The SMILES string of the molecule is C=CCN(Cc1cccc(OC)c1)C(=O)CCc1cccc(F)c1. The van der Waals surface area contributed by atoms with Gasteiger partial charge in [-0.3, -0.25) is 4.79 Å². The maximum atomic E-state index is 13.2. The largest absolute Gasteiger partial charge is 0.497 e. The number of methoxy groups -OCH3 is 1. The lowest BCUT2D eigenvalue weighted by molar-refractivity contribution is -0.131. The summed E-state index contributed by atoms with van der Waals surface area (Å²) >= 11 is 0. The molecule has 2 rings (SSSR count). The third-order valence-electron chi connectivity index (χ3n) is 3.73. The third-order valence-corrected chi connectivity index (χ3v) is 3.73. The van der Waals surface area contributed by atoms with Crippen molar-refractivity contribution in [1.29, 1.82) is 0 Å². The Morgan fingerprint density at radius 3 is 2.67 bits per heavy atom. The molecule has 0 aliphatic heterocycles. The van der Waals surface area contributed by atoms with Crippen LogP contribution in [-0.2, 0) is 17.8 Å². The average molecular weight is 327 g/mol. The molecule has 0 aromatic heterocycles. The average Bonchev–Trinajstić information content (AvgIpc) is 2.59. The van der Waals surface area contributed by atoms with Gasteiger partial charge in [-0.2, -0.15) is 0 Å². The van der Waals surface area contributed by atoms with Crippen LogP contribution in [0.1, 0.15) is 17.5 Å². The normalized spacial score (nSPS) is 10.2. The lowest BCUT2D eigenvalue weighted by Crippen LogP contribution is -2.30. The lowest BCUT2D eigenvalue weighted by atomic mass is 10.1. The lowest BCUT2D eigenvalue weighted by Gasteiger charge is -2.21. The van der Waals surface area contributed by atoms with Crippen LogP contribution in [0.15, 0.2) is 61.2 Å². The van der Waals surface area contributed by atoms with Crippen LogP contribution in [0.25, 0.3) is 0 Å². The van der Waals surface area contributed by atoms with Gasteiger partial charge in [0.05, 0.1) is 7.11 Å². The molecule has 0 saturated heterocycles. The maximum Gasteiger partial charge on any atom is 0.223 e. The van der Waals surface area contributed by atoms with E-state index in [2.05, 4.69) is 6.58 Å². The second-order valence-corrected chi connectivity index (χ2v) is 5.54. The Bertz CT molecular complexity index is 700. The molecule has 0 aliphatic carbocycles. The minimum absolute atomic E-state index is 0.0157. The van der Waals surface area contributed by atoms with E-state index in [1.54, 1.807) is 24.2 Å². The number of aryl methyl sites for hydroxylation is 1. The second-order valence-electron chi connectivity index (χ2n) is 5.54. The summed E-state index contributed by atoms with van der Waals surface area (Å²) in [6, 6.07) is 14.0. The molecular weight excluding hydrogens is 305 g/mol. The van der Waals surface area contributed by atoms with Crippen LogP contribution < -0.4 is 4.74 Å². The molecule has 0 fully saturated rings. The van der Waals surface area contributed by atoms with Gasteiger partial charge in [0.25, 0.3) is 0 Å². The fourth-order valence-corrected chi connectivity index (χ4v) is 2.50. The van der Waals surface area contributed by atoms with Crippen LogP contribution >= 0.6 is 0 Å². The highest BCUT2D eigenvalue weighted by molar-refractivity contribution is 5.76. The minimum Gasteiger partial charge on any atom is -0.497 e. The zero-order chi connectivity index (χ0) is 17.4. The van der Waals surface area contributed by atoms with Gasteiger partial charge in [0.2, 0.25) is 5.91 Å². The summed E-state index contributed by atoms with van der Waals surface area (Å²) in [5.41, 5.74) is 1.82. The van der Waals surface area contributed by atoms with Gasteiger partial charge in [-0.15, -0.1) is 6.58 Å². The van der Waals surface area contributed by atoms with Gasteiger partial charge in [-0.1, -0.05) is 30.3 Å². The van der Waals surface area contributed by atoms with Gasteiger partial charge in [-0.05, 0) is 41.8 Å². The van der Waals surface area contributed by atoms with Crippen LogP contribution in [0.2, 0.25) is 0 Å². The minimum atomic E-state index is -0.278. The Hall–Kier alpha value is -2.62. The van der Waals surface area contributed by atoms with E-state index in [1.165, 1.54) is 12.1 Å². The van der Waals surface area contributed by atoms with Gasteiger partial charge >= 0.3 is 0 Å². The van der Waals surface area contributed by atoms with E-state index < -0.39 is 0 Å². The third kappa shape index (κ3) is 5.23. The number of benzene rings is 2. The monoisotopic (exact) mass is 327 g/mol. The van der Waals surface area contributed by atoms with Crippen LogP contribution in [0.5, 0.6) is 5.75 Å². The first kappa shape index (κ1) is 17.7. The van der Waals surface area contributed by atoms with E-state index in [-0.39, 0.29) is 11.7 Å². The molecule has 0 unspecified atom stereocenters. The first-order chi connectivity index (χ1) is 11.6. The molecule has 1 amide bonds.